The molecule has 2 rings (SSSR count). The summed E-state index contributed by atoms with van der Waals surface area (Å²) in [5.41, 5.74) is 1.65. The Bertz CT molecular complexity index is 576. The van der Waals surface area contributed by atoms with Crippen molar-refractivity contribution in [2.75, 3.05) is 11.9 Å². The molecular weight excluding hydrogens is 251 g/mol. The summed E-state index contributed by atoms with van der Waals surface area (Å²) in [5, 5.41) is 4.47. The molecule has 0 fully saturated rings. The standard InChI is InChI=1S/C14H16ClFN2/c1-14(2,3)8-17-12-7-13(15)18-11-5-4-9(16)6-10(11)12/h4-7H,8H2,1-3H3,(H,17,18). The predicted molar refractivity (Wildman–Crippen MR) is 74.7 cm³/mol. The molecule has 1 heterocycles. The maximum absolute atomic E-state index is 13.3. The Balaban J connectivity index is 2.44. The van der Waals surface area contributed by atoms with Crippen molar-refractivity contribution in [1.82, 2.24) is 4.98 Å². The molecule has 0 spiro atoms. The lowest BCUT2D eigenvalue weighted by Gasteiger charge is -2.20. The zero-order valence-corrected chi connectivity index (χ0v) is 11.5. The first-order chi connectivity index (χ1) is 8.35. The van der Waals surface area contributed by atoms with Crippen LogP contribution in [0.5, 0.6) is 0 Å². The van der Waals surface area contributed by atoms with Crippen molar-refractivity contribution in [2.45, 2.75) is 20.8 Å². The van der Waals surface area contributed by atoms with Crippen LogP contribution in [0, 0.1) is 11.2 Å². The molecule has 0 aliphatic rings. The monoisotopic (exact) mass is 266 g/mol. The third-order valence-corrected chi connectivity index (χ3v) is 2.74. The van der Waals surface area contributed by atoms with E-state index in [0.717, 1.165) is 17.6 Å². The molecule has 96 valence electrons. The minimum absolute atomic E-state index is 0.134. The Kier molecular flexibility index (Phi) is 3.44. The van der Waals surface area contributed by atoms with Crippen LogP contribution in [0.4, 0.5) is 10.1 Å². The molecule has 0 radical (unpaired) electrons. The molecular formula is C14H16ClFN2. The lowest BCUT2D eigenvalue weighted by atomic mass is 9.97. The van der Waals surface area contributed by atoms with Gasteiger partial charge in [-0.05, 0) is 29.7 Å². The number of pyridine rings is 1. The maximum atomic E-state index is 13.3. The van der Waals surface area contributed by atoms with E-state index in [9.17, 15) is 4.39 Å². The van der Waals surface area contributed by atoms with Crippen LogP contribution in [0.2, 0.25) is 5.15 Å². The van der Waals surface area contributed by atoms with Gasteiger partial charge >= 0.3 is 0 Å². The van der Waals surface area contributed by atoms with Crippen LogP contribution in [0.15, 0.2) is 24.3 Å². The van der Waals surface area contributed by atoms with Gasteiger partial charge in [-0.15, -0.1) is 0 Å². The average molecular weight is 267 g/mol. The van der Waals surface area contributed by atoms with E-state index in [1.165, 1.54) is 12.1 Å². The first-order valence-corrected chi connectivity index (χ1v) is 6.23. The SMILES string of the molecule is CC(C)(C)CNc1cc(Cl)nc2ccc(F)cc12. The molecule has 0 aliphatic carbocycles. The zero-order chi connectivity index (χ0) is 13.3. The average Bonchev–Trinajstić information content (AvgIpc) is 2.25. The molecule has 0 aliphatic heterocycles. The van der Waals surface area contributed by atoms with E-state index >= 15 is 0 Å². The fourth-order valence-corrected chi connectivity index (χ4v) is 1.87. The number of anilines is 1. The lowest BCUT2D eigenvalue weighted by Crippen LogP contribution is -2.19. The maximum Gasteiger partial charge on any atom is 0.131 e. The van der Waals surface area contributed by atoms with Crippen LogP contribution in [0.3, 0.4) is 0 Å². The number of hydrogen-bond donors (Lipinski definition) is 1. The highest BCUT2D eigenvalue weighted by Gasteiger charge is 2.12. The van der Waals surface area contributed by atoms with Crippen molar-refractivity contribution in [3.63, 3.8) is 0 Å². The van der Waals surface area contributed by atoms with Crippen LogP contribution in [0.25, 0.3) is 10.9 Å². The number of hydrogen-bond acceptors (Lipinski definition) is 2. The molecule has 0 saturated carbocycles. The van der Waals surface area contributed by atoms with E-state index in [-0.39, 0.29) is 11.2 Å². The number of benzene rings is 1. The zero-order valence-electron chi connectivity index (χ0n) is 10.7. The number of aromatic nitrogens is 1. The van der Waals surface area contributed by atoms with Gasteiger partial charge in [-0.2, -0.15) is 0 Å². The van der Waals surface area contributed by atoms with E-state index in [1.54, 1.807) is 12.1 Å². The summed E-state index contributed by atoms with van der Waals surface area (Å²) in [6, 6.07) is 6.23. The summed E-state index contributed by atoms with van der Waals surface area (Å²) in [5.74, 6) is -0.273. The van der Waals surface area contributed by atoms with E-state index in [1.807, 2.05) is 0 Å². The summed E-state index contributed by atoms with van der Waals surface area (Å²) in [4.78, 5) is 4.18. The normalized spacial score (nSPS) is 11.8. The summed E-state index contributed by atoms with van der Waals surface area (Å²) in [7, 11) is 0. The second-order valence-corrected chi connectivity index (χ2v) is 5.96. The van der Waals surface area contributed by atoms with Crippen molar-refractivity contribution >= 4 is 28.2 Å². The first-order valence-electron chi connectivity index (χ1n) is 5.85. The quantitative estimate of drug-likeness (QED) is 0.811. The second-order valence-electron chi connectivity index (χ2n) is 5.57. The molecule has 0 atom stereocenters. The van der Waals surface area contributed by atoms with Gasteiger partial charge in [0.05, 0.1) is 5.52 Å². The van der Waals surface area contributed by atoms with Crippen LogP contribution >= 0.6 is 11.6 Å². The van der Waals surface area contributed by atoms with Crippen molar-refractivity contribution in [1.29, 1.82) is 0 Å². The van der Waals surface area contributed by atoms with Gasteiger partial charge in [-0.1, -0.05) is 32.4 Å². The molecule has 0 bridgehead atoms. The molecule has 1 N–H and O–H groups in total. The Morgan fingerprint density at radius 2 is 2.00 bits per heavy atom. The fraction of sp³-hybridized carbons (Fsp3) is 0.357. The summed E-state index contributed by atoms with van der Waals surface area (Å²) in [6.45, 7) is 7.17. The van der Waals surface area contributed by atoms with Crippen LogP contribution in [-0.4, -0.2) is 11.5 Å². The molecule has 1 aromatic carbocycles. The third kappa shape index (κ3) is 3.10. The minimum Gasteiger partial charge on any atom is -0.384 e. The van der Waals surface area contributed by atoms with Crippen molar-refractivity contribution in [3.05, 3.63) is 35.2 Å². The topological polar surface area (TPSA) is 24.9 Å². The van der Waals surface area contributed by atoms with Gasteiger partial charge in [0.25, 0.3) is 0 Å². The molecule has 0 unspecified atom stereocenters. The minimum atomic E-state index is -0.273. The van der Waals surface area contributed by atoms with Gasteiger partial charge in [0.15, 0.2) is 0 Å². The van der Waals surface area contributed by atoms with Crippen LogP contribution in [0.1, 0.15) is 20.8 Å². The summed E-state index contributed by atoms with van der Waals surface area (Å²) in [6.07, 6.45) is 0. The Hall–Kier alpha value is -1.35. The fourth-order valence-electron chi connectivity index (χ4n) is 1.67. The van der Waals surface area contributed by atoms with Gasteiger partial charge in [-0.25, -0.2) is 9.37 Å². The number of fused-ring (bicyclic) bond motifs is 1. The van der Waals surface area contributed by atoms with Crippen LogP contribution < -0.4 is 5.32 Å². The van der Waals surface area contributed by atoms with Gasteiger partial charge < -0.3 is 5.32 Å². The lowest BCUT2D eigenvalue weighted by molar-refractivity contribution is 0.443. The van der Waals surface area contributed by atoms with Gasteiger partial charge in [-0.3, -0.25) is 0 Å². The van der Waals surface area contributed by atoms with E-state index in [2.05, 4.69) is 31.1 Å². The highest BCUT2D eigenvalue weighted by Crippen LogP contribution is 2.27. The number of nitrogens with zero attached hydrogens (tertiary/aromatic N) is 1. The van der Waals surface area contributed by atoms with E-state index < -0.39 is 0 Å². The molecule has 0 saturated heterocycles. The largest absolute Gasteiger partial charge is 0.384 e. The highest BCUT2D eigenvalue weighted by atomic mass is 35.5. The van der Waals surface area contributed by atoms with Gasteiger partial charge in [0.1, 0.15) is 11.0 Å². The van der Waals surface area contributed by atoms with Gasteiger partial charge in [0.2, 0.25) is 0 Å². The van der Waals surface area contributed by atoms with E-state index in [4.69, 9.17) is 11.6 Å². The molecule has 1 aromatic heterocycles. The molecule has 2 aromatic rings. The van der Waals surface area contributed by atoms with Crippen molar-refractivity contribution in [3.8, 4) is 0 Å². The van der Waals surface area contributed by atoms with Crippen molar-refractivity contribution < 1.29 is 4.39 Å². The Labute approximate surface area is 111 Å². The van der Waals surface area contributed by atoms with Crippen molar-refractivity contribution in [2.24, 2.45) is 5.41 Å². The molecule has 2 nitrogen and oxygen atoms in total. The van der Waals surface area contributed by atoms with Crippen LogP contribution in [-0.2, 0) is 0 Å². The number of halogens is 2. The first kappa shape index (κ1) is 13.1. The smallest absolute Gasteiger partial charge is 0.131 e. The molecule has 4 heteroatoms. The molecule has 18 heavy (non-hydrogen) atoms. The summed E-state index contributed by atoms with van der Waals surface area (Å²) >= 11 is 5.97. The highest BCUT2D eigenvalue weighted by molar-refractivity contribution is 6.30. The molecule has 0 amide bonds. The number of rotatable bonds is 2. The Morgan fingerprint density at radius 1 is 1.28 bits per heavy atom. The Morgan fingerprint density at radius 3 is 2.67 bits per heavy atom. The van der Waals surface area contributed by atoms with E-state index in [0.29, 0.717) is 10.7 Å². The predicted octanol–water partition coefficient (Wildman–Crippen LogP) is 4.49. The second kappa shape index (κ2) is 4.73. The third-order valence-electron chi connectivity index (χ3n) is 2.55. The summed E-state index contributed by atoms with van der Waals surface area (Å²) < 4.78 is 13.3. The van der Waals surface area contributed by atoms with Gasteiger partial charge in [0, 0.05) is 17.6 Å². The number of nitrogens with one attached hydrogen (secondary N) is 1.